The summed E-state index contributed by atoms with van der Waals surface area (Å²) in [5, 5.41) is 3.33. The van der Waals surface area contributed by atoms with E-state index in [1.807, 2.05) is 56.3 Å². The molecule has 0 spiro atoms. The van der Waals surface area contributed by atoms with E-state index in [0.29, 0.717) is 29.4 Å². The highest BCUT2D eigenvalue weighted by molar-refractivity contribution is 7.92. The van der Waals surface area contributed by atoms with Gasteiger partial charge in [0.1, 0.15) is 18.3 Å². The minimum atomic E-state index is -4.21. The molecule has 0 aliphatic carbocycles. The zero-order valence-electron chi connectivity index (χ0n) is 25.6. The third-order valence-electron chi connectivity index (χ3n) is 7.31. The number of ether oxygens (including phenoxy) is 1. The Hall–Kier alpha value is -4.34. The second kappa shape index (κ2) is 15.6. The number of carbonyl (C=O) groups is 2. The van der Waals surface area contributed by atoms with E-state index in [4.69, 9.17) is 16.3 Å². The van der Waals surface area contributed by atoms with Gasteiger partial charge in [-0.2, -0.15) is 0 Å². The van der Waals surface area contributed by atoms with Crippen LogP contribution < -0.4 is 14.4 Å². The molecule has 0 radical (unpaired) electrons. The SMILES string of the molecule is CCCNC(=O)C(Cc1ccccc1)N(Cc1cccc(OC)c1)C(=O)CN(c1ccc(C)cc1)S(=O)(=O)c1ccc(Cl)cc1. The molecule has 0 saturated heterocycles. The molecule has 4 aromatic carbocycles. The molecular formula is C35H38ClN3O5S. The fourth-order valence-electron chi connectivity index (χ4n) is 4.86. The molecule has 236 valence electrons. The number of methoxy groups -OCH3 is 1. The van der Waals surface area contributed by atoms with Crippen LogP contribution >= 0.6 is 11.6 Å². The lowest BCUT2D eigenvalue weighted by molar-refractivity contribution is -0.140. The van der Waals surface area contributed by atoms with Crippen LogP contribution in [0, 0.1) is 6.92 Å². The second-order valence-electron chi connectivity index (χ2n) is 10.7. The summed E-state index contributed by atoms with van der Waals surface area (Å²) in [6.07, 6.45) is 0.953. The smallest absolute Gasteiger partial charge is 0.264 e. The second-order valence-corrected chi connectivity index (χ2v) is 13.0. The normalized spacial score (nSPS) is 11.8. The molecule has 0 saturated carbocycles. The number of benzene rings is 4. The summed E-state index contributed by atoms with van der Waals surface area (Å²) < 4.78 is 34.7. The van der Waals surface area contributed by atoms with Crippen LogP contribution in [0.15, 0.2) is 108 Å². The van der Waals surface area contributed by atoms with E-state index >= 15 is 0 Å². The average molecular weight is 648 g/mol. The fourth-order valence-corrected chi connectivity index (χ4v) is 6.40. The number of hydrogen-bond acceptors (Lipinski definition) is 5. The molecule has 10 heteroatoms. The van der Waals surface area contributed by atoms with Crippen molar-refractivity contribution in [2.24, 2.45) is 0 Å². The van der Waals surface area contributed by atoms with E-state index in [2.05, 4.69) is 5.32 Å². The van der Waals surface area contributed by atoms with Crippen molar-refractivity contribution in [3.63, 3.8) is 0 Å². The summed E-state index contributed by atoms with van der Waals surface area (Å²) >= 11 is 6.05. The van der Waals surface area contributed by atoms with Gasteiger partial charge in [0.2, 0.25) is 11.8 Å². The van der Waals surface area contributed by atoms with Gasteiger partial charge in [0.05, 0.1) is 17.7 Å². The van der Waals surface area contributed by atoms with Crippen molar-refractivity contribution in [1.82, 2.24) is 10.2 Å². The molecule has 8 nitrogen and oxygen atoms in total. The van der Waals surface area contributed by atoms with E-state index in [1.165, 1.54) is 29.2 Å². The first-order chi connectivity index (χ1) is 21.6. The van der Waals surface area contributed by atoms with Crippen LogP contribution in [0.2, 0.25) is 5.02 Å². The van der Waals surface area contributed by atoms with E-state index < -0.39 is 28.5 Å². The monoisotopic (exact) mass is 647 g/mol. The van der Waals surface area contributed by atoms with Crippen LogP contribution in [0.4, 0.5) is 5.69 Å². The maximum Gasteiger partial charge on any atom is 0.264 e. The molecule has 0 aliphatic heterocycles. The molecule has 0 heterocycles. The number of halogens is 1. The Morgan fingerprint density at radius 3 is 2.20 bits per heavy atom. The van der Waals surface area contributed by atoms with E-state index in [-0.39, 0.29) is 23.8 Å². The van der Waals surface area contributed by atoms with E-state index in [1.54, 1.807) is 43.5 Å². The number of nitrogens with one attached hydrogen (secondary N) is 1. The van der Waals surface area contributed by atoms with Crippen LogP contribution in [-0.4, -0.2) is 51.4 Å². The Morgan fingerprint density at radius 2 is 1.56 bits per heavy atom. The fraction of sp³-hybridized carbons (Fsp3) is 0.257. The Morgan fingerprint density at radius 1 is 0.889 bits per heavy atom. The zero-order chi connectivity index (χ0) is 32.4. The number of nitrogens with zero attached hydrogens (tertiary/aromatic N) is 2. The van der Waals surface area contributed by atoms with Gasteiger partial charge in [-0.15, -0.1) is 0 Å². The maximum atomic E-state index is 14.5. The highest BCUT2D eigenvalue weighted by Gasteiger charge is 2.34. The molecule has 0 aliphatic rings. The quantitative estimate of drug-likeness (QED) is 0.181. The Balaban J connectivity index is 1.80. The van der Waals surface area contributed by atoms with Crippen molar-refractivity contribution in [2.75, 3.05) is 24.5 Å². The Kier molecular flexibility index (Phi) is 11.6. The lowest BCUT2D eigenvalue weighted by Gasteiger charge is -2.34. The number of amides is 2. The number of carbonyl (C=O) groups excluding carboxylic acids is 2. The third kappa shape index (κ3) is 8.86. The van der Waals surface area contributed by atoms with Crippen molar-refractivity contribution in [3.8, 4) is 5.75 Å². The van der Waals surface area contributed by atoms with Crippen molar-refractivity contribution < 1.29 is 22.7 Å². The molecule has 1 unspecified atom stereocenters. The van der Waals surface area contributed by atoms with Crippen molar-refractivity contribution >= 4 is 39.1 Å². The first kappa shape index (κ1) is 33.6. The minimum absolute atomic E-state index is 0.0128. The molecule has 1 atom stereocenters. The molecule has 45 heavy (non-hydrogen) atoms. The van der Waals surface area contributed by atoms with Gasteiger partial charge in [0, 0.05) is 24.5 Å². The lowest BCUT2D eigenvalue weighted by atomic mass is 10.0. The molecular weight excluding hydrogens is 610 g/mol. The maximum absolute atomic E-state index is 14.5. The average Bonchev–Trinajstić information content (AvgIpc) is 3.05. The topological polar surface area (TPSA) is 96.0 Å². The van der Waals surface area contributed by atoms with Crippen LogP contribution in [0.5, 0.6) is 5.75 Å². The van der Waals surface area contributed by atoms with E-state index in [0.717, 1.165) is 21.0 Å². The summed E-state index contributed by atoms with van der Waals surface area (Å²) in [5.41, 5.74) is 2.85. The first-order valence-electron chi connectivity index (χ1n) is 14.7. The van der Waals surface area contributed by atoms with Crippen LogP contribution in [-0.2, 0) is 32.6 Å². The van der Waals surface area contributed by atoms with Crippen LogP contribution in [0.1, 0.15) is 30.0 Å². The van der Waals surface area contributed by atoms with Gasteiger partial charge < -0.3 is 15.0 Å². The molecule has 1 N–H and O–H groups in total. The largest absolute Gasteiger partial charge is 0.497 e. The van der Waals surface area contributed by atoms with Gasteiger partial charge in [-0.3, -0.25) is 13.9 Å². The van der Waals surface area contributed by atoms with Crippen molar-refractivity contribution in [2.45, 2.75) is 44.2 Å². The summed E-state index contributed by atoms with van der Waals surface area (Å²) in [5.74, 6) is -0.260. The molecule has 0 bridgehead atoms. The summed E-state index contributed by atoms with van der Waals surface area (Å²) in [6, 6.07) is 28.5. The molecule has 0 fully saturated rings. The van der Waals surface area contributed by atoms with Crippen molar-refractivity contribution in [3.05, 3.63) is 125 Å². The van der Waals surface area contributed by atoms with Gasteiger partial charge in [-0.25, -0.2) is 8.42 Å². The van der Waals surface area contributed by atoms with Crippen molar-refractivity contribution in [1.29, 1.82) is 0 Å². The van der Waals surface area contributed by atoms with Gasteiger partial charge in [0.25, 0.3) is 10.0 Å². The summed E-state index contributed by atoms with van der Waals surface area (Å²) in [7, 11) is -2.65. The summed E-state index contributed by atoms with van der Waals surface area (Å²) in [4.78, 5) is 29.7. The predicted molar refractivity (Wildman–Crippen MR) is 178 cm³/mol. The molecule has 4 aromatic rings. The Labute approximate surface area is 270 Å². The zero-order valence-corrected chi connectivity index (χ0v) is 27.2. The highest BCUT2D eigenvalue weighted by Crippen LogP contribution is 2.26. The number of rotatable bonds is 14. The lowest BCUT2D eigenvalue weighted by Crippen LogP contribution is -2.53. The number of sulfonamides is 1. The third-order valence-corrected chi connectivity index (χ3v) is 9.35. The summed E-state index contributed by atoms with van der Waals surface area (Å²) in [6.45, 7) is 3.80. The number of hydrogen-bond donors (Lipinski definition) is 1. The minimum Gasteiger partial charge on any atom is -0.497 e. The molecule has 4 rings (SSSR count). The highest BCUT2D eigenvalue weighted by atomic mass is 35.5. The van der Waals surface area contributed by atoms with Gasteiger partial charge in [-0.1, -0.05) is 78.7 Å². The van der Waals surface area contributed by atoms with Gasteiger partial charge >= 0.3 is 0 Å². The predicted octanol–water partition coefficient (Wildman–Crippen LogP) is 6.02. The van der Waals surface area contributed by atoms with Gasteiger partial charge in [0.15, 0.2) is 0 Å². The van der Waals surface area contributed by atoms with Crippen LogP contribution in [0.25, 0.3) is 0 Å². The number of aryl methyl sites for hydroxylation is 1. The molecule has 0 aromatic heterocycles. The van der Waals surface area contributed by atoms with Crippen LogP contribution in [0.3, 0.4) is 0 Å². The first-order valence-corrected chi connectivity index (χ1v) is 16.5. The molecule has 2 amide bonds. The Bertz CT molecular complexity index is 1680. The van der Waals surface area contributed by atoms with E-state index in [9.17, 15) is 18.0 Å². The standard InChI is InChI=1S/C35H38ClN3O5S/c1-4-21-37-35(41)33(23-27-9-6-5-7-10-27)38(24-28-11-8-12-31(22-28)44-3)34(40)25-39(30-17-13-26(2)14-18-30)45(42,43)32-19-15-29(36)16-20-32/h5-20,22,33H,4,21,23-25H2,1-3H3,(H,37,41). The van der Waals surface area contributed by atoms with Gasteiger partial charge in [-0.05, 0) is 73.0 Å². The number of anilines is 1.